The number of hydrogen-bond donors (Lipinski definition) is 0. The molecule has 0 unspecified atom stereocenters. The van der Waals surface area contributed by atoms with Gasteiger partial charge in [-0.3, -0.25) is 0 Å². The Labute approximate surface area is 167 Å². The van der Waals surface area contributed by atoms with E-state index in [-0.39, 0.29) is 17.8 Å². The number of amides is 1. The topological polar surface area (TPSA) is 68.5 Å². The highest BCUT2D eigenvalue weighted by Gasteiger charge is 2.30. The lowest BCUT2D eigenvalue weighted by Crippen LogP contribution is -2.42. The van der Waals surface area contributed by atoms with E-state index in [9.17, 15) is 18.0 Å². The van der Waals surface area contributed by atoms with Crippen molar-refractivity contribution in [2.24, 2.45) is 5.92 Å². The largest absolute Gasteiger partial charge is 0.444 e. The molecule has 0 saturated carbocycles. The first kappa shape index (κ1) is 21.1. The number of nitrogens with zero attached hydrogens (tertiary/aromatic N) is 3. The summed E-state index contributed by atoms with van der Waals surface area (Å²) in [5, 5.41) is 3.88. The highest BCUT2D eigenvalue weighted by atomic mass is 19.4. The van der Waals surface area contributed by atoms with Crippen LogP contribution in [0.4, 0.5) is 18.0 Å². The van der Waals surface area contributed by atoms with Crippen molar-refractivity contribution >= 4 is 6.09 Å². The summed E-state index contributed by atoms with van der Waals surface area (Å²) in [6.07, 6.45) is -2.54. The van der Waals surface area contributed by atoms with Crippen LogP contribution in [0.15, 0.2) is 28.8 Å². The molecule has 0 atom stereocenters. The Balaban J connectivity index is 1.54. The molecule has 1 fully saturated rings. The first-order valence-electron chi connectivity index (χ1n) is 9.49. The van der Waals surface area contributed by atoms with Gasteiger partial charge in [-0.1, -0.05) is 17.3 Å². The maximum Gasteiger partial charge on any atom is 0.416 e. The zero-order valence-corrected chi connectivity index (χ0v) is 16.6. The zero-order valence-electron chi connectivity index (χ0n) is 16.6. The van der Waals surface area contributed by atoms with Crippen molar-refractivity contribution in [3.8, 4) is 11.4 Å². The van der Waals surface area contributed by atoms with Crippen molar-refractivity contribution in [3.63, 3.8) is 0 Å². The third-order valence-corrected chi connectivity index (χ3v) is 4.67. The number of benzene rings is 1. The lowest BCUT2D eigenvalue weighted by atomic mass is 9.94. The van der Waals surface area contributed by atoms with Gasteiger partial charge in [-0.25, -0.2) is 4.79 Å². The van der Waals surface area contributed by atoms with Gasteiger partial charge in [0.05, 0.1) is 5.56 Å². The van der Waals surface area contributed by atoms with Crippen LogP contribution in [0.2, 0.25) is 0 Å². The van der Waals surface area contributed by atoms with Gasteiger partial charge in [0.15, 0.2) is 0 Å². The first-order valence-corrected chi connectivity index (χ1v) is 9.49. The number of hydrogen-bond acceptors (Lipinski definition) is 5. The molecular formula is C20H24F3N3O3. The van der Waals surface area contributed by atoms with Gasteiger partial charge in [0.25, 0.3) is 0 Å². The SMILES string of the molecule is CC(C)(C)OC(=O)N1CCC(Cc2nc(-c3ccc(C(F)(F)F)cc3)no2)CC1. The summed E-state index contributed by atoms with van der Waals surface area (Å²) in [6, 6.07) is 4.66. The minimum absolute atomic E-state index is 0.264. The Bertz CT molecular complexity index is 833. The fourth-order valence-electron chi connectivity index (χ4n) is 3.16. The smallest absolute Gasteiger partial charge is 0.416 e. The van der Waals surface area contributed by atoms with Crippen LogP contribution >= 0.6 is 0 Å². The van der Waals surface area contributed by atoms with Gasteiger partial charge < -0.3 is 14.2 Å². The van der Waals surface area contributed by atoms with Gasteiger partial charge in [-0.2, -0.15) is 18.2 Å². The van der Waals surface area contributed by atoms with Crippen LogP contribution in [-0.2, 0) is 17.3 Å². The van der Waals surface area contributed by atoms with Crippen LogP contribution in [0.1, 0.15) is 45.1 Å². The number of carbonyl (C=O) groups is 1. The van der Waals surface area contributed by atoms with Crippen LogP contribution in [0.25, 0.3) is 11.4 Å². The number of rotatable bonds is 3. The van der Waals surface area contributed by atoms with E-state index < -0.39 is 17.3 Å². The molecule has 1 aromatic carbocycles. The second kappa shape index (κ2) is 8.04. The molecule has 1 saturated heterocycles. The summed E-state index contributed by atoms with van der Waals surface area (Å²) in [5.41, 5.74) is -0.777. The molecule has 0 aliphatic carbocycles. The van der Waals surface area contributed by atoms with Crippen LogP contribution in [0, 0.1) is 5.92 Å². The number of carbonyl (C=O) groups excluding carboxylic acids is 1. The molecule has 158 valence electrons. The third-order valence-electron chi connectivity index (χ3n) is 4.67. The minimum Gasteiger partial charge on any atom is -0.444 e. The molecule has 1 amide bonds. The van der Waals surface area contributed by atoms with Crippen LogP contribution < -0.4 is 0 Å². The number of aromatic nitrogens is 2. The molecule has 6 nitrogen and oxygen atoms in total. The molecule has 0 radical (unpaired) electrons. The molecule has 3 rings (SSSR count). The highest BCUT2D eigenvalue weighted by Crippen LogP contribution is 2.30. The Morgan fingerprint density at radius 3 is 2.34 bits per heavy atom. The molecule has 1 aliphatic rings. The number of halogens is 3. The Morgan fingerprint density at radius 1 is 1.17 bits per heavy atom. The molecule has 0 bridgehead atoms. The van der Waals surface area contributed by atoms with E-state index >= 15 is 0 Å². The quantitative estimate of drug-likeness (QED) is 0.715. The van der Waals surface area contributed by atoms with Crippen molar-refractivity contribution < 1.29 is 27.2 Å². The second-order valence-corrected chi connectivity index (χ2v) is 8.20. The number of piperidine rings is 1. The van der Waals surface area contributed by atoms with Gasteiger partial charge >= 0.3 is 12.3 Å². The molecular weight excluding hydrogens is 387 g/mol. The summed E-state index contributed by atoms with van der Waals surface area (Å²) in [7, 11) is 0. The van der Waals surface area contributed by atoms with E-state index in [1.807, 2.05) is 20.8 Å². The van der Waals surface area contributed by atoms with Gasteiger partial charge in [0, 0.05) is 25.1 Å². The fraction of sp³-hybridized carbons (Fsp3) is 0.550. The minimum atomic E-state index is -4.38. The average Bonchev–Trinajstić information content (AvgIpc) is 3.09. The van der Waals surface area contributed by atoms with Gasteiger partial charge in [0.2, 0.25) is 11.7 Å². The Hall–Kier alpha value is -2.58. The summed E-state index contributed by atoms with van der Waals surface area (Å²) in [5.74, 6) is 0.991. The lowest BCUT2D eigenvalue weighted by molar-refractivity contribution is -0.137. The van der Waals surface area contributed by atoms with Crippen molar-refractivity contribution in [1.29, 1.82) is 0 Å². The van der Waals surface area contributed by atoms with Gasteiger partial charge in [-0.15, -0.1) is 0 Å². The van der Waals surface area contributed by atoms with Crippen molar-refractivity contribution in [1.82, 2.24) is 15.0 Å². The first-order chi connectivity index (χ1) is 13.5. The average molecular weight is 411 g/mol. The maximum absolute atomic E-state index is 12.7. The summed E-state index contributed by atoms with van der Waals surface area (Å²) in [4.78, 5) is 18.1. The molecule has 9 heteroatoms. The Morgan fingerprint density at radius 2 is 1.79 bits per heavy atom. The standard InChI is InChI=1S/C20H24F3N3O3/c1-19(2,3)28-18(27)26-10-8-13(9-11-26)12-16-24-17(25-29-16)14-4-6-15(7-5-14)20(21,22)23/h4-7,13H,8-12H2,1-3H3. The molecule has 0 spiro atoms. The maximum atomic E-state index is 12.7. The summed E-state index contributed by atoms with van der Waals surface area (Å²) in [6.45, 7) is 6.70. The van der Waals surface area contributed by atoms with E-state index in [2.05, 4.69) is 10.1 Å². The van der Waals surface area contributed by atoms with Crippen molar-refractivity contribution in [2.45, 2.75) is 51.8 Å². The van der Waals surface area contributed by atoms with Gasteiger partial charge in [0.1, 0.15) is 5.60 Å². The lowest BCUT2D eigenvalue weighted by Gasteiger charge is -2.33. The number of ether oxygens (including phenoxy) is 1. The zero-order chi connectivity index (χ0) is 21.2. The molecule has 0 N–H and O–H groups in total. The third kappa shape index (κ3) is 5.71. The molecule has 2 aromatic rings. The van der Waals surface area contributed by atoms with Crippen LogP contribution in [-0.4, -0.2) is 39.8 Å². The monoisotopic (exact) mass is 411 g/mol. The van der Waals surface area contributed by atoms with Gasteiger partial charge in [-0.05, 0) is 51.7 Å². The number of alkyl halides is 3. The normalized spacial score (nSPS) is 16.1. The van der Waals surface area contributed by atoms with E-state index in [1.165, 1.54) is 12.1 Å². The number of likely N-dealkylation sites (tertiary alicyclic amines) is 1. The predicted molar refractivity (Wildman–Crippen MR) is 99.0 cm³/mol. The van der Waals surface area contributed by atoms with Crippen LogP contribution in [0.3, 0.4) is 0 Å². The van der Waals surface area contributed by atoms with Crippen molar-refractivity contribution in [2.75, 3.05) is 13.1 Å². The predicted octanol–water partition coefficient (Wildman–Crippen LogP) is 4.95. The molecule has 1 aromatic heterocycles. The van der Waals surface area contributed by atoms with E-state index in [0.29, 0.717) is 31.0 Å². The molecule has 1 aliphatic heterocycles. The summed E-state index contributed by atoms with van der Waals surface area (Å²) >= 11 is 0. The fourth-order valence-corrected chi connectivity index (χ4v) is 3.16. The van der Waals surface area contributed by atoms with Crippen molar-refractivity contribution in [3.05, 3.63) is 35.7 Å². The van der Waals surface area contributed by atoms with E-state index in [1.54, 1.807) is 4.90 Å². The summed E-state index contributed by atoms with van der Waals surface area (Å²) < 4.78 is 48.6. The second-order valence-electron chi connectivity index (χ2n) is 8.20. The molecule has 29 heavy (non-hydrogen) atoms. The highest BCUT2D eigenvalue weighted by molar-refractivity contribution is 5.68. The van der Waals surface area contributed by atoms with Crippen LogP contribution in [0.5, 0.6) is 0 Å². The van der Waals surface area contributed by atoms with E-state index in [4.69, 9.17) is 9.26 Å². The van der Waals surface area contributed by atoms with E-state index in [0.717, 1.165) is 25.0 Å². The molecule has 2 heterocycles. The Kier molecular flexibility index (Phi) is 5.86.